The molecule has 5 heteroatoms. The molecule has 4 aliphatic rings. The number of fused-ring (bicyclic) bond motifs is 2. The largest absolute Gasteiger partial charge is 0.393 e. The maximum atomic E-state index is 12.8. The van der Waals surface area contributed by atoms with Gasteiger partial charge in [-0.25, -0.2) is 0 Å². The second kappa shape index (κ2) is 5.85. The SMILES string of the molecule is C=C1CC[C@H]2C(C)(C)[C@H](O)CC[C@]2(C)[C@H]1C[C@]12O[C@H]1C(=O)C(CO)=CC2=O. The number of epoxide rings is 1. The monoisotopic (exact) mass is 374 g/mol. The van der Waals surface area contributed by atoms with Crippen LogP contribution in [0.15, 0.2) is 23.8 Å². The molecule has 148 valence electrons. The van der Waals surface area contributed by atoms with Crippen LogP contribution in [0.2, 0.25) is 0 Å². The van der Waals surface area contributed by atoms with E-state index >= 15 is 0 Å². The lowest BCUT2D eigenvalue weighted by Gasteiger charge is -2.59. The summed E-state index contributed by atoms with van der Waals surface area (Å²) in [5.41, 5.74) is -0.0698. The number of rotatable bonds is 3. The molecule has 0 aromatic carbocycles. The van der Waals surface area contributed by atoms with Crippen molar-refractivity contribution in [3.05, 3.63) is 23.8 Å². The predicted molar refractivity (Wildman–Crippen MR) is 99.9 cm³/mol. The van der Waals surface area contributed by atoms with E-state index in [4.69, 9.17) is 4.74 Å². The number of ketones is 2. The first-order valence-corrected chi connectivity index (χ1v) is 10.0. The van der Waals surface area contributed by atoms with Gasteiger partial charge in [-0.15, -0.1) is 0 Å². The molecule has 0 amide bonds. The van der Waals surface area contributed by atoms with Gasteiger partial charge < -0.3 is 14.9 Å². The Kier molecular flexibility index (Phi) is 4.12. The molecule has 4 rings (SSSR count). The van der Waals surface area contributed by atoms with Crippen LogP contribution in [-0.4, -0.2) is 46.2 Å². The van der Waals surface area contributed by atoms with Crippen molar-refractivity contribution in [2.24, 2.45) is 22.7 Å². The Morgan fingerprint density at radius 3 is 2.63 bits per heavy atom. The minimum atomic E-state index is -1.07. The van der Waals surface area contributed by atoms with Gasteiger partial charge in [0.2, 0.25) is 0 Å². The van der Waals surface area contributed by atoms with E-state index in [1.54, 1.807) is 0 Å². The number of hydrogen-bond donors (Lipinski definition) is 2. The molecule has 1 aliphatic heterocycles. The lowest BCUT2D eigenvalue weighted by Crippen LogP contribution is -2.55. The molecule has 6 atom stereocenters. The Labute approximate surface area is 160 Å². The number of hydrogen-bond acceptors (Lipinski definition) is 5. The molecule has 3 aliphatic carbocycles. The van der Waals surface area contributed by atoms with Crippen molar-refractivity contribution in [3.8, 4) is 0 Å². The molecular formula is C22H30O5. The molecule has 27 heavy (non-hydrogen) atoms. The average Bonchev–Trinajstić information content (AvgIpc) is 3.35. The summed E-state index contributed by atoms with van der Waals surface area (Å²) in [4.78, 5) is 25.2. The molecule has 0 unspecified atom stereocenters. The van der Waals surface area contributed by atoms with Crippen LogP contribution >= 0.6 is 0 Å². The highest BCUT2D eigenvalue weighted by molar-refractivity contribution is 6.18. The van der Waals surface area contributed by atoms with Gasteiger partial charge in [0.15, 0.2) is 23.3 Å². The van der Waals surface area contributed by atoms with Gasteiger partial charge in [-0.1, -0.05) is 32.9 Å². The molecule has 5 nitrogen and oxygen atoms in total. The van der Waals surface area contributed by atoms with Crippen LogP contribution in [0, 0.1) is 22.7 Å². The molecule has 3 fully saturated rings. The van der Waals surface area contributed by atoms with Gasteiger partial charge in [0, 0.05) is 5.57 Å². The fourth-order valence-corrected chi connectivity index (χ4v) is 6.37. The van der Waals surface area contributed by atoms with Crippen molar-refractivity contribution >= 4 is 11.6 Å². The van der Waals surface area contributed by atoms with Crippen molar-refractivity contribution in [2.75, 3.05) is 6.61 Å². The van der Waals surface area contributed by atoms with E-state index in [2.05, 4.69) is 27.4 Å². The summed E-state index contributed by atoms with van der Waals surface area (Å²) >= 11 is 0. The summed E-state index contributed by atoms with van der Waals surface area (Å²) in [7, 11) is 0. The Bertz CT molecular complexity index is 750. The normalized spacial score (nSPS) is 45.8. The molecule has 0 bridgehead atoms. The molecular weight excluding hydrogens is 344 g/mol. The number of allylic oxidation sites excluding steroid dienone is 1. The molecule has 0 aromatic heterocycles. The van der Waals surface area contributed by atoms with E-state index in [1.165, 1.54) is 6.08 Å². The number of Topliss-reactive ketones (excluding diaryl/α,β-unsaturated/α-hetero) is 1. The summed E-state index contributed by atoms with van der Waals surface area (Å²) < 4.78 is 5.72. The summed E-state index contributed by atoms with van der Waals surface area (Å²) in [6.07, 6.45) is 4.15. The van der Waals surface area contributed by atoms with E-state index < -0.39 is 18.3 Å². The standard InChI is InChI=1S/C22H30O5/c1-12-5-6-15-20(2,3)16(24)7-8-21(15,4)14(12)10-22-17(25)9-13(11-23)18(26)19(22)27-22/h9,14-16,19,23-24H,1,5-8,10-11H2,2-4H3/t14-,15-,16+,19-,21+,22+/m0/s1. The van der Waals surface area contributed by atoms with E-state index in [1.807, 2.05) is 0 Å². The number of aliphatic hydroxyl groups excluding tert-OH is 2. The minimum Gasteiger partial charge on any atom is -0.393 e. The van der Waals surface area contributed by atoms with Gasteiger partial charge in [-0.3, -0.25) is 9.59 Å². The summed E-state index contributed by atoms with van der Waals surface area (Å²) in [6.45, 7) is 10.4. The average molecular weight is 374 g/mol. The maximum absolute atomic E-state index is 12.8. The summed E-state index contributed by atoms with van der Waals surface area (Å²) in [6, 6.07) is 0. The number of aliphatic hydroxyl groups is 2. The van der Waals surface area contributed by atoms with Gasteiger partial charge in [-0.2, -0.15) is 0 Å². The predicted octanol–water partition coefficient (Wildman–Crippen LogP) is 2.35. The second-order valence-electron chi connectivity index (χ2n) is 9.83. The lowest BCUT2D eigenvalue weighted by atomic mass is 9.46. The molecule has 2 saturated carbocycles. The van der Waals surface area contributed by atoms with Gasteiger partial charge in [0.25, 0.3) is 0 Å². The molecule has 1 heterocycles. The highest BCUT2D eigenvalue weighted by atomic mass is 16.6. The third kappa shape index (κ3) is 2.48. The van der Waals surface area contributed by atoms with Crippen LogP contribution < -0.4 is 0 Å². The highest BCUT2D eigenvalue weighted by Crippen LogP contribution is 2.64. The van der Waals surface area contributed by atoms with E-state index in [9.17, 15) is 19.8 Å². The Hall–Kier alpha value is -1.30. The Balaban J connectivity index is 1.66. The number of carbonyl (C=O) groups excluding carboxylic acids is 2. The first-order chi connectivity index (χ1) is 12.6. The van der Waals surface area contributed by atoms with Crippen LogP contribution in [0.25, 0.3) is 0 Å². The van der Waals surface area contributed by atoms with Crippen LogP contribution in [0.1, 0.15) is 52.9 Å². The summed E-state index contributed by atoms with van der Waals surface area (Å²) in [5, 5.41) is 19.9. The topological polar surface area (TPSA) is 87.1 Å². The van der Waals surface area contributed by atoms with Gasteiger partial charge in [-0.05, 0) is 60.8 Å². The van der Waals surface area contributed by atoms with E-state index in [0.29, 0.717) is 12.3 Å². The third-order valence-corrected chi connectivity index (χ3v) is 8.20. The van der Waals surface area contributed by atoms with Crippen molar-refractivity contribution in [3.63, 3.8) is 0 Å². The van der Waals surface area contributed by atoms with E-state index in [0.717, 1.165) is 31.3 Å². The number of ether oxygens (including phenoxy) is 1. The lowest BCUT2D eigenvalue weighted by molar-refractivity contribution is -0.133. The van der Waals surface area contributed by atoms with Crippen LogP contribution in [0.4, 0.5) is 0 Å². The zero-order valence-corrected chi connectivity index (χ0v) is 16.5. The third-order valence-electron chi connectivity index (χ3n) is 8.20. The molecule has 1 saturated heterocycles. The number of carbonyl (C=O) groups is 2. The van der Waals surface area contributed by atoms with Crippen LogP contribution in [0.5, 0.6) is 0 Å². The highest BCUT2D eigenvalue weighted by Gasteiger charge is 2.69. The first kappa shape index (κ1) is 19.0. The zero-order chi connectivity index (χ0) is 19.8. The fourth-order valence-electron chi connectivity index (χ4n) is 6.37. The Morgan fingerprint density at radius 1 is 1.26 bits per heavy atom. The summed E-state index contributed by atoms with van der Waals surface area (Å²) in [5.74, 6) is -0.0611. The molecule has 0 spiro atoms. The van der Waals surface area contributed by atoms with E-state index in [-0.39, 0.29) is 40.0 Å². The van der Waals surface area contributed by atoms with Gasteiger partial charge in [0.1, 0.15) is 0 Å². The van der Waals surface area contributed by atoms with Crippen LogP contribution in [0.3, 0.4) is 0 Å². The van der Waals surface area contributed by atoms with Crippen LogP contribution in [-0.2, 0) is 14.3 Å². The first-order valence-electron chi connectivity index (χ1n) is 10.0. The Morgan fingerprint density at radius 2 is 1.96 bits per heavy atom. The van der Waals surface area contributed by atoms with Crippen molar-refractivity contribution < 1.29 is 24.5 Å². The maximum Gasteiger partial charge on any atom is 0.193 e. The molecule has 2 N–H and O–H groups in total. The smallest absolute Gasteiger partial charge is 0.193 e. The fraction of sp³-hybridized carbons (Fsp3) is 0.727. The molecule has 0 radical (unpaired) electrons. The second-order valence-corrected chi connectivity index (χ2v) is 9.83. The minimum absolute atomic E-state index is 0.0758. The van der Waals surface area contributed by atoms with Crippen molar-refractivity contribution in [1.29, 1.82) is 0 Å². The quantitative estimate of drug-likeness (QED) is 0.585. The van der Waals surface area contributed by atoms with Gasteiger partial charge >= 0.3 is 0 Å². The zero-order valence-electron chi connectivity index (χ0n) is 16.5. The van der Waals surface area contributed by atoms with Gasteiger partial charge in [0.05, 0.1) is 12.7 Å². The van der Waals surface area contributed by atoms with Crippen molar-refractivity contribution in [2.45, 2.75) is 70.7 Å². The van der Waals surface area contributed by atoms with Crippen molar-refractivity contribution in [1.82, 2.24) is 0 Å². The molecule has 0 aromatic rings.